The lowest BCUT2D eigenvalue weighted by molar-refractivity contribution is -0.274. The molecule has 8 nitrogen and oxygen atoms in total. The van der Waals surface area contributed by atoms with Crippen LogP contribution in [0.4, 0.5) is 36.4 Å². The summed E-state index contributed by atoms with van der Waals surface area (Å²) in [5.74, 6) is -8.74. The minimum Gasteiger partial charge on any atom is -0.494 e. The van der Waals surface area contributed by atoms with Crippen LogP contribution in [0, 0.1) is 24.6 Å². The summed E-state index contributed by atoms with van der Waals surface area (Å²) in [6.45, 7) is 2.37. The largest absolute Gasteiger partial charge is 0.573 e. The number of ether oxygens (including phenoxy) is 2. The molecule has 1 saturated heterocycles. The van der Waals surface area contributed by atoms with E-state index >= 15 is 4.39 Å². The number of halogens is 7. The molecule has 1 heterocycles. The molecule has 1 amide bonds. The van der Waals surface area contributed by atoms with Crippen LogP contribution in [0.5, 0.6) is 11.5 Å². The monoisotopic (exact) mass is 674 g/mol. The van der Waals surface area contributed by atoms with Crippen LogP contribution in [0.3, 0.4) is 0 Å². The number of carboxylic acids is 1. The summed E-state index contributed by atoms with van der Waals surface area (Å²) in [6, 6.07) is 4.26. The Balaban J connectivity index is 1.70. The summed E-state index contributed by atoms with van der Waals surface area (Å²) in [5.41, 5.74) is -0.577. The Labute approximate surface area is 265 Å². The lowest BCUT2D eigenvalue weighted by Gasteiger charge is -2.36. The second kappa shape index (κ2) is 13.8. The second-order valence-electron chi connectivity index (χ2n) is 11.6. The van der Waals surface area contributed by atoms with Crippen molar-refractivity contribution < 1.29 is 59.7 Å². The van der Waals surface area contributed by atoms with E-state index in [1.165, 1.54) is 24.0 Å². The number of piperidine rings is 1. The molecule has 0 aromatic heterocycles. The zero-order valence-electron chi connectivity index (χ0n) is 25.6. The molecule has 1 unspecified atom stereocenters. The number of fused-ring (bicyclic) bond motifs is 1. The number of Topliss-reactive ketones (excluding diaryl/α,β-unsaturated/α-hetero) is 1. The van der Waals surface area contributed by atoms with Crippen LogP contribution in [0.25, 0.3) is 0 Å². The highest BCUT2D eigenvalue weighted by Gasteiger charge is 2.45. The van der Waals surface area contributed by atoms with Crippen LogP contribution in [0.15, 0.2) is 35.9 Å². The molecule has 1 fully saturated rings. The molecule has 4 rings (SSSR count). The number of carboxylic acid groups (broad SMARTS) is 1. The molecule has 0 spiro atoms. The molecular weight excluding hydrogens is 641 g/mol. The molecular formula is C32H33F7N2O6. The summed E-state index contributed by atoms with van der Waals surface area (Å²) >= 11 is 0. The van der Waals surface area contributed by atoms with Gasteiger partial charge in [0.05, 0.1) is 24.5 Å². The second-order valence-corrected chi connectivity index (χ2v) is 11.6. The highest BCUT2D eigenvalue weighted by atomic mass is 19.4. The summed E-state index contributed by atoms with van der Waals surface area (Å²) < 4.78 is 105. The first-order valence-corrected chi connectivity index (χ1v) is 14.8. The van der Waals surface area contributed by atoms with Crippen molar-refractivity contribution in [3.05, 3.63) is 64.0 Å². The maximum atomic E-state index is 15.9. The van der Waals surface area contributed by atoms with Gasteiger partial charge < -0.3 is 24.8 Å². The molecule has 0 saturated carbocycles. The highest BCUT2D eigenvalue weighted by Crippen LogP contribution is 2.50. The number of nitrogens with zero attached hydrogens (tertiary/aromatic N) is 1. The van der Waals surface area contributed by atoms with Gasteiger partial charge in [0, 0.05) is 30.8 Å². The molecule has 2 N–H and O–H groups in total. The molecule has 2 aliphatic rings. The minimum atomic E-state index is -4.90. The molecule has 0 bridgehead atoms. The van der Waals surface area contributed by atoms with Crippen LogP contribution < -0.4 is 19.7 Å². The Bertz CT molecular complexity index is 1560. The molecule has 2 aromatic rings. The van der Waals surface area contributed by atoms with E-state index in [2.05, 4.69) is 10.1 Å². The fourth-order valence-corrected chi connectivity index (χ4v) is 6.09. The molecule has 1 aliphatic carbocycles. The number of carbonyl (C=O) groups is 3. The molecule has 2 atom stereocenters. The van der Waals surface area contributed by atoms with Gasteiger partial charge in [-0.25, -0.2) is 4.39 Å². The molecule has 47 heavy (non-hydrogen) atoms. The summed E-state index contributed by atoms with van der Waals surface area (Å²) in [5, 5.41) is 11.9. The van der Waals surface area contributed by atoms with Crippen molar-refractivity contribution in [2.24, 2.45) is 11.8 Å². The van der Waals surface area contributed by atoms with Crippen LogP contribution in [-0.2, 0) is 16.1 Å². The predicted molar refractivity (Wildman–Crippen MR) is 155 cm³/mol. The van der Waals surface area contributed by atoms with Crippen LogP contribution in [0.2, 0.25) is 0 Å². The quantitative estimate of drug-likeness (QED) is 0.233. The fourth-order valence-electron chi connectivity index (χ4n) is 6.09. The van der Waals surface area contributed by atoms with E-state index < -0.39 is 70.7 Å². The number of carbonyl (C=O) groups excluding carboxylic acids is 2. The zero-order chi connectivity index (χ0) is 34.8. The van der Waals surface area contributed by atoms with E-state index in [1.807, 2.05) is 0 Å². The first-order chi connectivity index (χ1) is 21.9. The third-order valence-electron chi connectivity index (χ3n) is 8.65. The number of aliphatic carboxylic acids is 1. The van der Waals surface area contributed by atoms with Gasteiger partial charge in [0.1, 0.15) is 17.2 Å². The standard InChI is InChI=1S/C32H33F7N2O6/c1-16-13-20(47-32(37,38)39)8-7-19(16)15-40-29(43)22-6-4-5-21(17(2)31(34,35)36)25-23(27(22)42)14-24(33)26(28(25)46-3)41-11-9-18(10-12-41)30(44)45/h6-8,13-14,17-18,21H,4-5,9-12,15H2,1-3H3,(H,40,43)(H,44,45)/t17?,21-/m1/s1. The van der Waals surface area contributed by atoms with Crippen LogP contribution in [-0.4, -0.2) is 55.5 Å². The number of allylic oxidation sites excluding steroid dienone is 1. The van der Waals surface area contributed by atoms with E-state index in [-0.39, 0.29) is 62.3 Å². The summed E-state index contributed by atoms with van der Waals surface area (Å²) in [6.07, 6.45) is -8.41. The van der Waals surface area contributed by atoms with Crippen molar-refractivity contribution in [3.8, 4) is 11.5 Å². The molecule has 2 aromatic carbocycles. The van der Waals surface area contributed by atoms with Gasteiger partial charge in [0.25, 0.3) is 5.91 Å². The normalized spacial score (nSPS) is 18.4. The first kappa shape index (κ1) is 35.6. The third kappa shape index (κ3) is 7.99. The lowest BCUT2D eigenvalue weighted by Crippen LogP contribution is -2.37. The minimum absolute atomic E-state index is 0.0761. The van der Waals surface area contributed by atoms with Crippen LogP contribution >= 0.6 is 0 Å². The highest BCUT2D eigenvalue weighted by molar-refractivity contribution is 6.26. The smallest absolute Gasteiger partial charge is 0.494 e. The van der Waals surface area contributed by atoms with Gasteiger partial charge in [0.2, 0.25) is 0 Å². The van der Waals surface area contributed by atoms with E-state index in [0.717, 1.165) is 32.2 Å². The predicted octanol–water partition coefficient (Wildman–Crippen LogP) is 6.84. The van der Waals surface area contributed by atoms with Gasteiger partial charge in [-0.1, -0.05) is 19.1 Å². The first-order valence-electron chi connectivity index (χ1n) is 14.8. The number of rotatable bonds is 8. The average molecular weight is 675 g/mol. The zero-order valence-corrected chi connectivity index (χ0v) is 25.6. The molecule has 0 radical (unpaired) electrons. The fraction of sp³-hybridized carbons (Fsp3) is 0.469. The summed E-state index contributed by atoms with van der Waals surface area (Å²) in [7, 11) is 1.14. The van der Waals surface area contributed by atoms with Crippen molar-refractivity contribution in [2.75, 3.05) is 25.1 Å². The SMILES string of the molecule is COc1c2c(cc(F)c1N1CCC(C(=O)O)CC1)C(=O)C(C(=O)NCc1ccc(OC(F)(F)F)cc1C)=CCC[C@@H]2C(C)C(F)(F)F. The maximum Gasteiger partial charge on any atom is 0.573 e. The molecule has 256 valence electrons. The van der Waals surface area contributed by atoms with E-state index in [0.29, 0.717) is 11.1 Å². The Morgan fingerprint density at radius 1 is 1.09 bits per heavy atom. The Kier molecular flexibility index (Phi) is 10.5. The Hall–Kier alpha value is -4.30. The van der Waals surface area contributed by atoms with Gasteiger partial charge in [0.15, 0.2) is 11.6 Å². The van der Waals surface area contributed by atoms with Crippen LogP contribution in [0.1, 0.15) is 65.6 Å². The third-order valence-corrected chi connectivity index (χ3v) is 8.65. The van der Waals surface area contributed by atoms with Gasteiger partial charge in [-0.15, -0.1) is 13.2 Å². The number of amides is 1. The van der Waals surface area contributed by atoms with Gasteiger partial charge in [-0.05, 0) is 67.9 Å². The molecule has 15 heteroatoms. The van der Waals surface area contributed by atoms with E-state index in [1.54, 1.807) is 0 Å². The topological polar surface area (TPSA) is 105 Å². The van der Waals surface area contributed by atoms with Gasteiger partial charge in [-0.2, -0.15) is 13.2 Å². The average Bonchev–Trinajstić information content (AvgIpc) is 2.97. The Morgan fingerprint density at radius 2 is 1.74 bits per heavy atom. The molecule has 1 aliphatic heterocycles. The number of hydrogen-bond acceptors (Lipinski definition) is 6. The number of hydrogen-bond donors (Lipinski definition) is 2. The number of methoxy groups -OCH3 is 1. The van der Waals surface area contributed by atoms with Crippen molar-refractivity contribution >= 4 is 23.3 Å². The number of ketones is 1. The van der Waals surface area contributed by atoms with Crippen molar-refractivity contribution in [2.45, 2.75) is 64.5 Å². The number of benzene rings is 2. The maximum absolute atomic E-state index is 15.9. The van der Waals surface area contributed by atoms with Crippen molar-refractivity contribution in [1.82, 2.24) is 5.32 Å². The van der Waals surface area contributed by atoms with Crippen molar-refractivity contribution in [3.63, 3.8) is 0 Å². The van der Waals surface area contributed by atoms with Gasteiger partial charge >= 0.3 is 18.5 Å². The van der Waals surface area contributed by atoms with E-state index in [4.69, 9.17) is 4.74 Å². The summed E-state index contributed by atoms with van der Waals surface area (Å²) in [4.78, 5) is 40.1. The van der Waals surface area contributed by atoms with E-state index in [9.17, 15) is 45.8 Å². The van der Waals surface area contributed by atoms with Gasteiger partial charge in [-0.3, -0.25) is 14.4 Å². The van der Waals surface area contributed by atoms with Crippen molar-refractivity contribution in [1.29, 1.82) is 0 Å². The lowest BCUT2D eigenvalue weighted by atomic mass is 9.76. The number of aryl methyl sites for hydroxylation is 1. The number of nitrogens with one attached hydrogen (secondary N) is 1. The number of alkyl halides is 6. The number of anilines is 1. The Morgan fingerprint density at radius 3 is 2.30 bits per heavy atom.